The molecule has 2 atom stereocenters. The number of carbonyl (C=O) groups is 1. The van der Waals surface area contributed by atoms with Crippen molar-refractivity contribution in [2.75, 3.05) is 7.11 Å². The minimum Gasteiger partial charge on any atom is -0.467 e. The van der Waals surface area contributed by atoms with E-state index in [1.165, 1.54) is 6.07 Å². The van der Waals surface area contributed by atoms with Gasteiger partial charge in [-0.05, 0) is 11.6 Å². The van der Waals surface area contributed by atoms with Crippen LogP contribution in [0.25, 0.3) is 0 Å². The molecule has 1 N–H and O–H groups in total. The summed E-state index contributed by atoms with van der Waals surface area (Å²) in [5.41, 5.74) is 0.315. The first-order valence-corrected chi connectivity index (χ1v) is 5.01. The fraction of sp³-hybridized carbons (Fsp3) is 0.300. The fourth-order valence-corrected chi connectivity index (χ4v) is 1.63. The summed E-state index contributed by atoms with van der Waals surface area (Å²) >= 11 is 3.16. The molecule has 0 amide bonds. The molecule has 0 radical (unpaired) electrons. The zero-order valence-corrected chi connectivity index (χ0v) is 9.57. The highest BCUT2D eigenvalue weighted by Crippen LogP contribution is 2.27. The SMILES string of the molecule is COC(=O)C(F)C(O)c1ccccc1Br. The molecular weight excluding hydrogens is 267 g/mol. The van der Waals surface area contributed by atoms with Crippen LogP contribution in [0.1, 0.15) is 11.7 Å². The predicted molar refractivity (Wildman–Crippen MR) is 56.0 cm³/mol. The number of hydrogen-bond acceptors (Lipinski definition) is 3. The van der Waals surface area contributed by atoms with Gasteiger partial charge in [0.05, 0.1) is 7.11 Å². The van der Waals surface area contributed by atoms with Crippen molar-refractivity contribution < 1.29 is 19.0 Å². The Bertz CT molecular complexity index is 356. The van der Waals surface area contributed by atoms with Crippen LogP contribution in [-0.2, 0) is 9.53 Å². The van der Waals surface area contributed by atoms with E-state index in [9.17, 15) is 14.3 Å². The molecule has 0 spiro atoms. The highest BCUT2D eigenvalue weighted by atomic mass is 79.9. The Morgan fingerprint density at radius 1 is 1.53 bits per heavy atom. The third-order valence-corrected chi connectivity index (χ3v) is 2.65. The topological polar surface area (TPSA) is 46.5 Å². The Morgan fingerprint density at radius 3 is 2.67 bits per heavy atom. The Labute approximate surface area is 95.0 Å². The zero-order valence-electron chi connectivity index (χ0n) is 7.98. The van der Waals surface area contributed by atoms with Gasteiger partial charge in [-0.1, -0.05) is 34.1 Å². The van der Waals surface area contributed by atoms with E-state index in [-0.39, 0.29) is 0 Å². The first-order chi connectivity index (χ1) is 7.07. The highest BCUT2D eigenvalue weighted by molar-refractivity contribution is 9.10. The minimum absolute atomic E-state index is 0.315. The quantitative estimate of drug-likeness (QED) is 0.859. The zero-order chi connectivity index (χ0) is 11.4. The summed E-state index contributed by atoms with van der Waals surface area (Å²) in [7, 11) is 1.07. The number of hydrogen-bond donors (Lipinski definition) is 1. The van der Waals surface area contributed by atoms with Crippen LogP contribution < -0.4 is 0 Å². The maximum Gasteiger partial charge on any atom is 0.343 e. The van der Waals surface area contributed by atoms with E-state index < -0.39 is 18.2 Å². The Kier molecular flexibility index (Phi) is 4.23. The van der Waals surface area contributed by atoms with E-state index in [0.717, 1.165) is 7.11 Å². The molecule has 5 heteroatoms. The third-order valence-electron chi connectivity index (χ3n) is 1.93. The van der Waals surface area contributed by atoms with Gasteiger partial charge in [0.1, 0.15) is 6.10 Å². The molecule has 1 aromatic carbocycles. The number of benzene rings is 1. The number of rotatable bonds is 3. The molecule has 2 unspecified atom stereocenters. The van der Waals surface area contributed by atoms with Gasteiger partial charge in [0.15, 0.2) is 0 Å². The van der Waals surface area contributed by atoms with Gasteiger partial charge < -0.3 is 9.84 Å². The summed E-state index contributed by atoms with van der Waals surface area (Å²) in [6.45, 7) is 0. The standard InChI is InChI=1S/C10H10BrFO3/c1-15-10(14)8(12)9(13)6-4-2-3-5-7(6)11/h2-5,8-9,13H,1H3. The maximum absolute atomic E-state index is 13.3. The molecule has 1 aromatic rings. The van der Waals surface area contributed by atoms with Crippen LogP contribution in [0, 0.1) is 0 Å². The highest BCUT2D eigenvalue weighted by Gasteiger charge is 2.29. The molecule has 1 rings (SSSR count). The van der Waals surface area contributed by atoms with Crippen molar-refractivity contribution in [3.63, 3.8) is 0 Å². The van der Waals surface area contributed by atoms with E-state index in [1.807, 2.05) is 0 Å². The van der Waals surface area contributed by atoms with E-state index in [2.05, 4.69) is 20.7 Å². The van der Waals surface area contributed by atoms with Crippen molar-refractivity contribution in [3.05, 3.63) is 34.3 Å². The number of aliphatic hydroxyl groups excluding tert-OH is 1. The summed E-state index contributed by atoms with van der Waals surface area (Å²) in [6.07, 6.45) is -3.60. The second-order valence-electron chi connectivity index (χ2n) is 2.89. The summed E-state index contributed by atoms with van der Waals surface area (Å²) in [5, 5.41) is 9.57. The van der Waals surface area contributed by atoms with Crippen LogP contribution in [0.5, 0.6) is 0 Å². The minimum atomic E-state index is -2.08. The predicted octanol–water partition coefficient (Wildman–Crippen LogP) is 1.99. The molecule has 0 aromatic heterocycles. The van der Waals surface area contributed by atoms with Crippen molar-refractivity contribution in [2.45, 2.75) is 12.3 Å². The van der Waals surface area contributed by atoms with Crippen molar-refractivity contribution in [3.8, 4) is 0 Å². The number of methoxy groups -OCH3 is 1. The molecule has 82 valence electrons. The molecule has 0 heterocycles. The molecule has 0 fully saturated rings. The summed E-state index contributed by atoms with van der Waals surface area (Å²) in [5.74, 6) is -1.08. The van der Waals surface area contributed by atoms with Gasteiger partial charge in [0.25, 0.3) is 0 Å². The van der Waals surface area contributed by atoms with Crippen molar-refractivity contribution >= 4 is 21.9 Å². The molecule has 0 bridgehead atoms. The second kappa shape index (κ2) is 5.23. The van der Waals surface area contributed by atoms with Crippen molar-refractivity contribution in [2.24, 2.45) is 0 Å². The molecule has 15 heavy (non-hydrogen) atoms. The van der Waals surface area contributed by atoms with Gasteiger partial charge in [-0.25, -0.2) is 9.18 Å². The normalized spacial score (nSPS) is 14.4. The average Bonchev–Trinajstić information content (AvgIpc) is 2.26. The molecule has 0 aliphatic rings. The second-order valence-corrected chi connectivity index (χ2v) is 3.75. The van der Waals surface area contributed by atoms with Gasteiger partial charge in [0.2, 0.25) is 6.17 Å². The lowest BCUT2D eigenvalue weighted by molar-refractivity contribution is -0.151. The van der Waals surface area contributed by atoms with Gasteiger partial charge in [-0.2, -0.15) is 0 Å². The monoisotopic (exact) mass is 276 g/mol. The van der Waals surface area contributed by atoms with Crippen LogP contribution in [0.15, 0.2) is 28.7 Å². The molecular formula is C10H10BrFO3. The third kappa shape index (κ3) is 2.76. The van der Waals surface area contributed by atoms with Crippen LogP contribution in [-0.4, -0.2) is 24.4 Å². The van der Waals surface area contributed by atoms with E-state index in [1.54, 1.807) is 18.2 Å². The molecule has 3 nitrogen and oxygen atoms in total. The first kappa shape index (κ1) is 12.1. The van der Waals surface area contributed by atoms with Crippen LogP contribution in [0.2, 0.25) is 0 Å². The van der Waals surface area contributed by atoms with E-state index >= 15 is 0 Å². The summed E-state index contributed by atoms with van der Waals surface area (Å²) in [6, 6.07) is 6.56. The van der Waals surface area contributed by atoms with Gasteiger partial charge in [-0.3, -0.25) is 0 Å². The molecule has 0 aliphatic carbocycles. The number of carbonyl (C=O) groups excluding carboxylic acids is 1. The lowest BCUT2D eigenvalue weighted by Crippen LogP contribution is -2.25. The van der Waals surface area contributed by atoms with Crippen molar-refractivity contribution in [1.29, 1.82) is 0 Å². The fourth-order valence-electron chi connectivity index (χ4n) is 1.11. The van der Waals surface area contributed by atoms with E-state index in [0.29, 0.717) is 10.0 Å². The van der Waals surface area contributed by atoms with E-state index in [4.69, 9.17) is 0 Å². The lowest BCUT2D eigenvalue weighted by Gasteiger charge is -2.15. The first-order valence-electron chi connectivity index (χ1n) is 4.22. The average molecular weight is 277 g/mol. The van der Waals surface area contributed by atoms with Crippen LogP contribution in [0.4, 0.5) is 4.39 Å². The lowest BCUT2D eigenvalue weighted by atomic mass is 10.1. The molecule has 0 saturated heterocycles. The number of halogens is 2. The van der Waals surface area contributed by atoms with Crippen molar-refractivity contribution in [1.82, 2.24) is 0 Å². The largest absolute Gasteiger partial charge is 0.467 e. The smallest absolute Gasteiger partial charge is 0.343 e. The Balaban J connectivity index is 2.89. The number of alkyl halides is 1. The number of esters is 1. The summed E-state index contributed by atoms with van der Waals surface area (Å²) < 4.78 is 18.1. The Morgan fingerprint density at radius 2 is 2.13 bits per heavy atom. The molecule has 0 aliphatic heterocycles. The van der Waals surface area contributed by atoms with Gasteiger partial charge in [-0.15, -0.1) is 0 Å². The van der Waals surface area contributed by atoms with Crippen LogP contribution >= 0.6 is 15.9 Å². The summed E-state index contributed by atoms with van der Waals surface area (Å²) in [4.78, 5) is 10.9. The number of aliphatic hydroxyl groups is 1. The van der Waals surface area contributed by atoms with Gasteiger partial charge in [0, 0.05) is 4.47 Å². The van der Waals surface area contributed by atoms with Crippen LogP contribution in [0.3, 0.4) is 0 Å². The maximum atomic E-state index is 13.3. The Hall–Kier alpha value is -0.940. The number of ether oxygens (including phenoxy) is 1. The molecule has 0 saturated carbocycles. The van der Waals surface area contributed by atoms with Gasteiger partial charge >= 0.3 is 5.97 Å².